The number of furan rings is 1. The van der Waals surface area contributed by atoms with Crippen LogP contribution in [0.15, 0.2) is 49.7 Å². The molecule has 0 N–H and O–H groups in total. The summed E-state index contributed by atoms with van der Waals surface area (Å²) in [6, 6.07) is 5.40. The van der Waals surface area contributed by atoms with Gasteiger partial charge in [0.2, 0.25) is 0 Å². The van der Waals surface area contributed by atoms with Gasteiger partial charge in [-0.2, -0.15) is 0 Å². The van der Waals surface area contributed by atoms with Gasteiger partial charge in [-0.1, -0.05) is 0 Å². The Bertz CT molecular complexity index is 801. The minimum atomic E-state index is 0.270. The second-order valence-electron chi connectivity index (χ2n) is 4.29. The van der Waals surface area contributed by atoms with Crippen molar-refractivity contribution < 1.29 is 9.21 Å². The Morgan fingerprint density at radius 2 is 2.14 bits per heavy atom. The first-order valence-electron chi connectivity index (χ1n) is 6.49. The summed E-state index contributed by atoms with van der Waals surface area (Å²) in [6.45, 7) is 2.73. The Kier molecular flexibility index (Phi) is 4.39. The number of halogens is 1. The molecule has 3 rings (SSSR count). The van der Waals surface area contributed by atoms with E-state index >= 15 is 0 Å². The third kappa shape index (κ3) is 2.84. The summed E-state index contributed by atoms with van der Waals surface area (Å²) in [5, 5.41) is 9.74. The van der Waals surface area contributed by atoms with Crippen molar-refractivity contribution in [3.8, 4) is 11.4 Å². The van der Waals surface area contributed by atoms with Gasteiger partial charge in [-0.3, -0.25) is 9.78 Å². The molecule has 0 atom stereocenters. The number of carbonyl (C=O) groups is 1. The lowest BCUT2D eigenvalue weighted by atomic mass is 10.2. The van der Waals surface area contributed by atoms with Gasteiger partial charge in [0.1, 0.15) is 0 Å². The molecule has 0 aliphatic rings. The maximum absolute atomic E-state index is 10.8. The Balaban J connectivity index is 1.96. The number of aldehydes is 1. The molecular formula is C14H11BrN4O2S. The van der Waals surface area contributed by atoms with Crippen LogP contribution in [0.4, 0.5) is 0 Å². The second-order valence-corrected chi connectivity index (χ2v) is 6.08. The second kappa shape index (κ2) is 6.45. The first-order chi connectivity index (χ1) is 10.7. The van der Waals surface area contributed by atoms with Gasteiger partial charge in [-0.05, 0) is 46.7 Å². The highest BCUT2D eigenvalue weighted by Gasteiger charge is 2.17. The van der Waals surface area contributed by atoms with Gasteiger partial charge in [0.05, 0.1) is 4.47 Å². The topological polar surface area (TPSA) is 73.8 Å². The van der Waals surface area contributed by atoms with Crippen molar-refractivity contribution in [1.82, 2.24) is 19.7 Å². The van der Waals surface area contributed by atoms with E-state index in [0.29, 0.717) is 23.1 Å². The van der Waals surface area contributed by atoms with Crippen LogP contribution in [0.3, 0.4) is 0 Å². The van der Waals surface area contributed by atoms with E-state index in [2.05, 4.69) is 31.1 Å². The molecule has 6 nitrogen and oxygen atoms in total. The standard InChI is InChI=1S/C14H11BrN4O2S/c1-2-19-12(9-3-5-16-6-4-9)17-18-14(19)22-13-11(15)7-10(8-20)21-13/h3-8H,2H2,1H3. The SMILES string of the molecule is CCn1c(Sc2oc(C=O)cc2Br)nnc1-c1ccncc1. The van der Waals surface area contributed by atoms with Crippen LogP contribution in [0.5, 0.6) is 0 Å². The molecule has 8 heteroatoms. The third-order valence-corrected chi connectivity index (χ3v) is 4.77. The van der Waals surface area contributed by atoms with Gasteiger partial charge in [-0.25, -0.2) is 0 Å². The summed E-state index contributed by atoms with van der Waals surface area (Å²) >= 11 is 4.69. The average molecular weight is 379 g/mol. The van der Waals surface area contributed by atoms with E-state index in [0.717, 1.165) is 15.9 Å². The number of rotatable bonds is 5. The molecule has 0 amide bonds. The molecule has 0 aromatic carbocycles. The minimum absolute atomic E-state index is 0.270. The maximum atomic E-state index is 10.8. The average Bonchev–Trinajstić information content (AvgIpc) is 3.12. The van der Waals surface area contributed by atoms with Crippen molar-refractivity contribution in [3.05, 3.63) is 40.8 Å². The first kappa shape index (κ1) is 15.0. The van der Waals surface area contributed by atoms with Crippen LogP contribution in [0, 0.1) is 0 Å². The first-order valence-corrected chi connectivity index (χ1v) is 8.09. The van der Waals surface area contributed by atoms with Crippen molar-refractivity contribution in [2.24, 2.45) is 0 Å². The number of carbonyl (C=O) groups excluding carboxylic acids is 1. The summed E-state index contributed by atoms with van der Waals surface area (Å²) < 4.78 is 8.14. The van der Waals surface area contributed by atoms with Gasteiger partial charge < -0.3 is 8.98 Å². The number of aromatic nitrogens is 4. The zero-order valence-corrected chi connectivity index (χ0v) is 14.0. The fourth-order valence-corrected chi connectivity index (χ4v) is 3.36. The molecule has 3 heterocycles. The molecule has 0 saturated carbocycles. The molecule has 0 aliphatic carbocycles. The summed E-state index contributed by atoms with van der Waals surface area (Å²) in [5.41, 5.74) is 0.947. The molecule has 112 valence electrons. The van der Waals surface area contributed by atoms with E-state index in [1.807, 2.05) is 23.6 Å². The fourth-order valence-electron chi connectivity index (χ4n) is 1.94. The van der Waals surface area contributed by atoms with Crippen LogP contribution in [0.2, 0.25) is 0 Å². The molecule has 0 aliphatic heterocycles. The molecule has 0 spiro atoms. The molecule has 0 fully saturated rings. The van der Waals surface area contributed by atoms with Crippen molar-refractivity contribution in [2.75, 3.05) is 0 Å². The number of pyridine rings is 1. The van der Waals surface area contributed by atoms with Crippen LogP contribution in [-0.4, -0.2) is 26.0 Å². The summed E-state index contributed by atoms with van der Waals surface area (Å²) in [7, 11) is 0. The molecule has 3 aromatic heterocycles. The van der Waals surface area contributed by atoms with Gasteiger partial charge in [0, 0.05) is 30.6 Å². The Hall–Kier alpha value is -1.93. The smallest absolute Gasteiger partial charge is 0.199 e. The zero-order chi connectivity index (χ0) is 15.5. The quantitative estimate of drug-likeness (QED) is 0.630. The lowest BCUT2D eigenvalue weighted by Crippen LogP contribution is -1.99. The summed E-state index contributed by atoms with van der Waals surface area (Å²) in [4.78, 5) is 14.8. The predicted octanol–water partition coefficient (Wildman–Crippen LogP) is 3.68. The molecule has 22 heavy (non-hydrogen) atoms. The number of nitrogens with zero attached hydrogens (tertiary/aromatic N) is 4. The number of hydrogen-bond donors (Lipinski definition) is 0. The van der Waals surface area contributed by atoms with Gasteiger partial charge in [0.15, 0.2) is 28.1 Å². The van der Waals surface area contributed by atoms with E-state index < -0.39 is 0 Å². The van der Waals surface area contributed by atoms with Crippen molar-refractivity contribution in [2.45, 2.75) is 23.7 Å². The summed E-state index contributed by atoms with van der Waals surface area (Å²) in [5.74, 6) is 1.04. The lowest BCUT2D eigenvalue weighted by molar-refractivity contribution is 0.109. The van der Waals surface area contributed by atoms with E-state index in [-0.39, 0.29) is 5.76 Å². The van der Waals surface area contributed by atoms with Crippen molar-refractivity contribution >= 4 is 34.0 Å². The molecule has 0 bridgehead atoms. The van der Waals surface area contributed by atoms with Gasteiger partial charge >= 0.3 is 0 Å². The van der Waals surface area contributed by atoms with Crippen LogP contribution in [0.25, 0.3) is 11.4 Å². The molecule has 0 unspecified atom stereocenters. The molecular weight excluding hydrogens is 368 g/mol. The van der Waals surface area contributed by atoms with Crippen LogP contribution >= 0.6 is 27.7 Å². The van der Waals surface area contributed by atoms with Crippen molar-refractivity contribution in [1.29, 1.82) is 0 Å². The van der Waals surface area contributed by atoms with Crippen LogP contribution in [0.1, 0.15) is 17.5 Å². The Morgan fingerprint density at radius 1 is 1.36 bits per heavy atom. The Morgan fingerprint density at radius 3 is 2.77 bits per heavy atom. The third-order valence-electron chi connectivity index (χ3n) is 2.95. The lowest BCUT2D eigenvalue weighted by Gasteiger charge is -2.06. The van der Waals surface area contributed by atoms with Gasteiger partial charge in [0.25, 0.3) is 0 Å². The predicted molar refractivity (Wildman–Crippen MR) is 84.8 cm³/mol. The normalized spacial score (nSPS) is 10.8. The van der Waals surface area contributed by atoms with Crippen LogP contribution < -0.4 is 0 Å². The number of hydrogen-bond acceptors (Lipinski definition) is 6. The fraction of sp³-hybridized carbons (Fsp3) is 0.143. The van der Waals surface area contributed by atoms with Crippen LogP contribution in [-0.2, 0) is 6.54 Å². The van der Waals surface area contributed by atoms with E-state index in [1.165, 1.54) is 11.8 Å². The Labute approximate surface area is 139 Å². The largest absolute Gasteiger partial charge is 0.445 e. The molecule has 0 radical (unpaired) electrons. The van der Waals surface area contributed by atoms with E-state index in [1.54, 1.807) is 18.5 Å². The highest BCUT2D eigenvalue weighted by molar-refractivity contribution is 9.10. The highest BCUT2D eigenvalue weighted by Crippen LogP contribution is 2.36. The highest BCUT2D eigenvalue weighted by atomic mass is 79.9. The minimum Gasteiger partial charge on any atom is -0.445 e. The maximum Gasteiger partial charge on any atom is 0.199 e. The van der Waals surface area contributed by atoms with Gasteiger partial charge in [-0.15, -0.1) is 10.2 Å². The van der Waals surface area contributed by atoms with E-state index in [4.69, 9.17) is 4.42 Å². The zero-order valence-electron chi connectivity index (χ0n) is 11.6. The summed E-state index contributed by atoms with van der Waals surface area (Å²) in [6.07, 6.45) is 4.11. The monoisotopic (exact) mass is 378 g/mol. The van der Waals surface area contributed by atoms with E-state index in [9.17, 15) is 4.79 Å². The molecule has 3 aromatic rings. The molecule has 0 saturated heterocycles. The van der Waals surface area contributed by atoms with Crippen molar-refractivity contribution in [3.63, 3.8) is 0 Å².